The molecule has 3 nitrogen and oxygen atoms in total. The average molecular weight is 1230 g/mol. The topological polar surface area (TPSA) is 23.0 Å². The summed E-state index contributed by atoms with van der Waals surface area (Å²) in [5, 5.41) is 15.0. The first-order chi connectivity index (χ1) is 47.6. The van der Waals surface area contributed by atoms with Crippen molar-refractivity contribution in [2.75, 3.05) is 0 Å². The first-order valence-corrected chi connectivity index (χ1v) is 33.9. The van der Waals surface area contributed by atoms with Crippen molar-refractivity contribution in [1.29, 1.82) is 0 Å². The van der Waals surface area contributed by atoms with Crippen molar-refractivity contribution in [3.05, 3.63) is 315 Å². The molecule has 0 N–H and O–H groups in total. The Hall–Kier alpha value is -12.3. The number of nitrogens with zero attached hydrogens (tertiary/aromatic N) is 2. The molecule has 0 saturated carbocycles. The summed E-state index contributed by atoms with van der Waals surface area (Å²) in [4.78, 5) is 0. The van der Waals surface area contributed by atoms with Gasteiger partial charge >= 0.3 is 0 Å². The highest BCUT2D eigenvalue weighted by Crippen LogP contribution is 2.53. The summed E-state index contributed by atoms with van der Waals surface area (Å²) in [6.45, 7) is 0. The van der Waals surface area contributed by atoms with Crippen molar-refractivity contribution in [1.82, 2.24) is 9.13 Å². The number of para-hydroxylation sites is 2. The highest BCUT2D eigenvalue weighted by atomic mass is 32.1. The number of benzene rings is 16. The minimum Gasteiger partial charge on any atom is -0.456 e. The number of hydrogen-bond acceptors (Lipinski definition) is 2. The van der Waals surface area contributed by atoms with E-state index < -0.39 is 0 Å². The molecule has 0 spiro atoms. The van der Waals surface area contributed by atoms with E-state index in [9.17, 15) is 0 Å². The molecule has 0 aliphatic heterocycles. The van der Waals surface area contributed by atoms with Gasteiger partial charge in [-0.25, -0.2) is 0 Å². The normalized spacial score (nSPS) is 12.4. The maximum absolute atomic E-state index is 6.30. The Morgan fingerprint density at radius 2 is 0.583 bits per heavy atom. The molecule has 4 heteroatoms. The second kappa shape index (κ2) is 19.6. The molecule has 0 saturated heterocycles. The van der Waals surface area contributed by atoms with E-state index in [1.807, 2.05) is 17.4 Å². The molecule has 0 unspecified atom stereocenters. The van der Waals surface area contributed by atoms with Crippen LogP contribution in [0.5, 0.6) is 0 Å². The van der Waals surface area contributed by atoms with Crippen molar-refractivity contribution < 1.29 is 4.42 Å². The third-order valence-electron chi connectivity index (χ3n) is 21.2. The van der Waals surface area contributed by atoms with E-state index in [1.54, 1.807) is 0 Å². The lowest BCUT2D eigenvalue weighted by Crippen LogP contribution is -1.94. The Kier molecular flexibility index (Phi) is 10.7. The predicted octanol–water partition coefficient (Wildman–Crippen LogP) is 26.1. The van der Waals surface area contributed by atoms with Crippen LogP contribution >= 0.6 is 11.3 Å². The lowest BCUT2D eigenvalue weighted by atomic mass is 9.93. The second-order valence-corrected chi connectivity index (χ2v) is 27.2. The summed E-state index contributed by atoms with van der Waals surface area (Å²) in [7, 11) is 0. The van der Waals surface area contributed by atoms with Gasteiger partial charge in [-0.2, -0.15) is 0 Å². The summed E-state index contributed by atoms with van der Waals surface area (Å²) in [6.07, 6.45) is 0. The Labute approximate surface area is 555 Å². The number of furan rings is 1. The molecular formula is C92H52N2OS. The van der Waals surface area contributed by atoms with Crippen LogP contribution in [-0.4, -0.2) is 9.13 Å². The molecule has 2 aliphatic carbocycles. The van der Waals surface area contributed by atoms with Crippen molar-refractivity contribution in [3.63, 3.8) is 0 Å². The van der Waals surface area contributed by atoms with Gasteiger partial charge in [0.1, 0.15) is 11.2 Å². The molecular weight excluding hydrogens is 1180 g/mol. The minimum absolute atomic E-state index is 0.901. The summed E-state index contributed by atoms with van der Waals surface area (Å²) in [5.41, 5.74) is 31.4. The first-order valence-electron chi connectivity index (χ1n) is 33.1. The maximum atomic E-state index is 6.30. The number of fused-ring (bicyclic) bond motifs is 18. The molecule has 4 heterocycles. The summed E-state index contributed by atoms with van der Waals surface area (Å²) in [6, 6.07) is 118. The lowest BCUT2D eigenvalue weighted by Gasteiger charge is -2.12. The van der Waals surface area contributed by atoms with Crippen LogP contribution in [0.25, 0.3) is 219 Å². The zero-order valence-electron chi connectivity index (χ0n) is 51.7. The smallest absolute Gasteiger partial charge is 0.135 e. The molecule has 2 aliphatic rings. The molecule has 22 rings (SSSR count). The van der Waals surface area contributed by atoms with Gasteiger partial charge in [0, 0.05) is 63.9 Å². The van der Waals surface area contributed by atoms with Crippen molar-refractivity contribution in [3.8, 4) is 112 Å². The largest absolute Gasteiger partial charge is 0.456 e. The zero-order valence-corrected chi connectivity index (χ0v) is 52.5. The third-order valence-corrected chi connectivity index (χ3v) is 22.5. The summed E-state index contributed by atoms with van der Waals surface area (Å²) in [5.74, 6) is 0. The Bertz CT molecular complexity index is 6750. The average Bonchev–Trinajstić information content (AvgIpc) is 1.59. The van der Waals surface area contributed by atoms with Gasteiger partial charge in [-0.15, -0.1) is 11.3 Å². The Balaban J connectivity index is 0.647. The molecule has 0 atom stereocenters. The predicted molar refractivity (Wildman–Crippen MR) is 406 cm³/mol. The van der Waals surface area contributed by atoms with Crippen molar-refractivity contribution in [2.45, 2.75) is 0 Å². The standard InChI is InChI=1S/C92H52N2OS/c1-2-13-60(14-3-1)93-83-41-30-55(48-77(83)79-51-58(31-43-85(79)93)62-37-39-74-67-17-6-4-15-65(67)72-23-11-21-70(62)90(72)74)57-34-46-89-82(50-57)76-25-10-20-64(92(76)96-89)53-27-35-61(36-28-53)94-84-42-29-54(56-33-45-88-81(49-56)69-19-8-9-26-87(69)95-88)47-78(84)80-52-59(32-44-86(80)94)63-38-40-75-68-18-7-5-16-66(68)73-24-12-22-71(63)91(73)75/h1-52H. The van der Waals surface area contributed by atoms with Crippen LogP contribution in [-0.2, 0) is 0 Å². The molecule has 4 aromatic heterocycles. The van der Waals surface area contributed by atoms with Gasteiger partial charge in [0.05, 0.1) is 22.1 Å². The Morgan fingerprint density at radius 1 is 0.208 bits per heavy atom. The van der Waals surface area contributed by atoms with Gasteiger partial charge < -0.3 is 13.6 Å². The molecule has 96 heavy (non-hydrogen) atoms. The van der Waals surface area contributed by atoms with Crippen LogP contribution < -0.4 is 0 Å². The molecule has 0 amide bonds. The van der Waals surface area contributed by atoms with Gasteiger partial charge in [-0.05, 0) is 225 Å². The third kappa shape index (κ3) is 7.36. The number of rotatable bonds is 7. The summed E-state index contributed by atoms with van der Waals surface area (Å²) >= 11 is 1.89. The molecule has 0 radical (unpaired) electrons. The van der Waals surface area contributed by atoms with Crippen LogP contribution in [0.1, 0.15) is 0 Å². The van der Waals surface area contributed by atoms with E-state index in [1.165, 1.54) is 174 Å². The van der Waals surface area contributed by atoms with Crippen LogP contribution in [0.3, 0.4) is 0 Å². The zero-order chi connectivity index (χ0) is 62.4. The highest BCUT2D eigenvalue weighted by molar-refractivity contribution is 7.26. The monoisotopic (exact) mass is 1230 g/mol. The van der Waals surface area contributed by atoms with Crippen LogP contribution in [0.15, 0.2) is 320 Å². The van der Waals surface area contributed by atoms with E-state index >= 15 is 0 Å². The maximum Gasteiger partial charge on any atom is 0.135 e. The van der Waals surface area contributed by atoms with Crippen LogP contribution in [0, 0.1) is 0 Å². The summed E-state index contributed by atoms with van der Waals surface area (Å²) < 4.78 is 13.8. The van der Waals surface area contributed by atoms with Crippen LogP contribution in [0.4, 0.5) is 0 Å². The fourth-order valence-corrected chi connectivity index (χ4v) is 18.1. The lowest BCUT2D eigenvalue weighted by molar-refractivity contribution is 0.669. The molecule has 442 valence electrons. The minimum atomic E-state index is 0.901. The molecule has 16 aromatic carbocycles. The van der Waals surface area contributed by atoms with E-state index in [2.05, 4.69) is 319 Å². The van der Waals surface area contributed by atoms with Gasteiger partial charge in [-0.1, -0.05) is 212 Å². The van der Waals surface area contributed by atoms with Crippen molar-refractivity contribution >= 4 is 119 Å². The number of thiophene rings is 1. The van der Waals surface area contributed by atoms with Crippen molar-refractivity contribution in [2.24, 2.45) is 0 Å². The molecule has 20 aromatic rings. The van der Waals surface area contributed by atoms with E-state index in [-0.39, 0.29) is 0 Å². The first kappa shape index (κ1) is 52.2. The van der Waals surface area contributed by atoms with E-state index in [4.69, 9.17) is 4.42 Å². The quantitative estimate of drug-likeness (QED) is 0.156. The fraction of sp³-hybridized carbons (Fsp3) is 0. The van der Waals surface area contributed by atoms with Gasteiger partial charge in [0.15, 0.2) is 0 Å². The highest BCUT2D eigenvalue weighted by Gasteiger charge is 2.26. The van der Waals surface area contributed by atoms with Gasteiger partial charge in [-0.3, -0.25) is 0 Å². The fourth-order valence-electron chi connectivity index (χ4n) is 16.9. The Morgan fingerprint density at radius 3 is 1.15 bits per heavy atom. The number of hydrogen-bond donors (Lipinski definition) is 0. The van der Waals surface area contributed by atoms with Gasteiger partial charge in [0.25, 0.3) is 0 Å². The molecule has 0 fully saturated rings. The second-order valence-electron chi connectivity index (χ2n) is 26.2. The van der Waals surface area contributed by atoms with Gasteiger partial charge in [0.2, 0.25) is 0 Å². The SMILES string of the molecule is c1ccc(-n2c3ccc(-c4ccc5sc6c(-c7ccc(-n8c9ccc(-c%10ccc%11oc%12ccccc%12c%11c%10)cc9c9cc(-c%10ccc%11c%12c(cccc%10%12)-c%10ccccc%10-%11)ccc98)cc7)cccc6c5c4)cc3c3cc(-c4ccc5c6c(cccc46)-c4ccccc4-5)ccc32)cc1. The van der Waals surface area contributed by atoms with E-state index in [0.717, 1.165) is 44.4 Å². The van der Waals surface area contributed by atoms with E-state index in [0.29, 0.717) is 0 Å². The van der Waals surface area contributed by atoms with Crippen LogP contribution in [0.2, 0.25) is 0 Å². The number of aromatic nitrogens is 2. The molecule has 0 bridgehead atoms.